The number of aliphatic hydroxyl groups excluding tert-OH is 1. The predicted molar refractivity (Wildman–Crippen MR) is 142 cm³/mol. The highest BCUT2D eigenvalue weighted by molar-refractivity contribution is 14.1. The lowest BCUT2D eigenvalue weighted by Crippen LogP contribution is -2.19. The number of rotatable bonds is 11. The molecule has 1 unspecified atom stereocenters. The Morgan fingerprint density at radius 1 is 1.06 bits per heavy atom. The van der Waals surface area contributed by atoms with Gasteiger partial charge in [0, 0.05) is 28.1 Å². The summed E-state index contributed by atoms with van der Waals surface area (Å²) in [6.07, 6.45) is 8.51. The molecule has 32 heavy (non-hydrogen) atoms. The third kappa shape index (κ3) is 14.9. The van der Waals surface area contributed by atoms with Crippen molar-refractivity contribution in [1.29, 1.82) is 5.41 Å². The highest BCUT2D eigenvalue weighted by Gasteiger charge is 2.06. The van der Waals surface area contributed by atoms with Crippen LogP contribution in [-0.4, -0.2) is 29.8 Å². The number of carbonyl (C=O) groups is 1. The minimum Gasteiger partial charge on any atom is -0.389 e. The summed E-state index contributed by atoms with van der Waals surface area (Å²) < 4.78 is 13.5. The Morgan fingerprint density at radius 3 is 2.22 bits per heavy atom. The molecule has 0 saturated carbocycles. The Labute approximate surface area is 206 Å². The lowest BCUT2D eigenvalue weighted by molar-refractivity contribution is -0.108. The molecule has 6 heteroatoms. The van der Waals surface area contributed by atoms with Crippen molar-refractivity contribution in [3.8, 4) is 0 Å². The molecule has 0 bridgehead atoms. The molecule has 0 heterocycles. The summed E-state index contributed by atoms with van der Waals surface area (Å²) in [6, 6.07) is 14.7. The van der Waals surface area contributed by atoms with Gasteiger partial charge >= 0.3 is 0 Å². The molecule has 4 nitrogen and oxygen atoms in total. The van der Waals surface area contributed by atoms with E-state index >= 15 is 0 Å². The Bertz CT molecular complexity index is 764. The third-order valence-corrected chi connectivity index (χ3v) is 4.91. The van der Waals surface area contributed by atoms with Crippen molar-refractivity contribution in [3.63, 3.8) is 0 Å². The molecule has 0 saturated heterocycles. The molecule has 2 atom stereocenters. The second kappa shape index (κ2) is 19.6. The number of hydrogen-bond donors (Lipinski definition) is 3. The number of aryl methyl sites for hydroxylation is 1. The molecule has 3 N–H and O–H groups in total. The number of nitrogens with one attached hydrogen (secondary N) is 2. The first-order chi connectivity index (χ1) is 15.5. The molecule has 0 aromatic heterocycles. The van der Waals surface area contributed by atoms with Crippen LogP contribution in [0.1, 0.15) is 52.0 Å². The molecule has 0 fully saturated rings. The van der Waals surface area contributed by atoms with E-state index in [1.165, 1.54) is 23.9 Å². The van der Waals surface area contributed by atoms with Crippen LogP contribution in [0.4, 0.5) is 10.1 Å². The standard InChI is InChI=1S/C15H19IN2O2.C9H11F.C2H6/c16-12-4-6-14(7-5-12)18-13(9-11-19)2-1-3-15(20)8-10-17;1-2-3-8-4-6-9(10)7-5-8;1-2/h1,3-7,10-11,13,15,17-18,20H,2,8-9H2;4-7H,2-3H2,1H3;1-2H3/b3-1-,17-10?;;/t13-,15?;;/m1../s1. The molecule has 0 aliphatic carbocycles. The summed E-state index contributed by atoms with van der Waals surface area (Å²) in [6.45, 7) is 6.11. The third-order valence-electron chi connectivity index (χ3n) is 4.19. The number of anilines is 1. The average Bonchev–Trinajstić information content (AvgIpc) is 2.79. The molecule has 2 aromatic carbocycles. The van der Waals surface area contributed by atoms with E-state index in [1.807, 2.05) is 56.3 Å². The van der Waals surface area contributed by atoms with Crippen LogP contribution in [0.3, 0.4) is 0 Å². The quantitative estimate of drug-likeness (QED) is 0.124. The first-order valence-electron chi connectivity index (χ1n) is 11.0. The molecule has 176 valence electrons. The van der Waals surface area contributed by atoms with Gasteiger partial charge in [-0.15, -0.1) is 0 Å². The number of aliphatic hydroxyl groups is 1. The van der Waals surface area contributed by atoms with Crippen molar-refractivity contribution in [1.82, 2.24) is 0 Å². The lowest BCUT2D eigenvalue weighted by atomic mass is 10.1. The van der Waals surface area contributed by atoms with Crippen LogP contribution in [0.2, 0.25) is 0 Å². The van der Waals surface area contributed by atoms with Gasteiger partial charge in [0.25, 0.3) is 0 Å². The van der Waals surface area contributed by atoms with Gasteiger partial charge in [-0.25, -0.2) is 4.39 Å². The molecule has 2 aromatic rings. The van der Waals surface area contributed by atoms with E-state index in [9.17, 15) is 14.3 Å². The van der Waals surface area contributed by atoms with Gasteiger partial charge in [-0.3, -0.25) is 0 Å². The zero-order valence-corrected chi connectivity index (χ0v) is 21.4. The van der Waals surface area contributed by atoms with Gasteiger partial charge in [-0.1, -0.05) is 51.5 Å². The number of benzene rings is 2. The minimum absolute atomic E-state index is 0.0102. The summed E-state index contributed by atoms with van der Waals surface area (Å²) in [5.74, 6) is -0.153. The van der Waals surface area contributed by atoms with Crippen molar-refractivity contribution >= 4 is 40.8 Å². The molecule has 0 amide bonds. The highest BCUT2D eigenvalue weighted by atomic mass is 127. The zero-order chi connectivity index (χ0) is 24.2. The SMILES string of the molecule is CC.CCCc1ccc(F)cc1.N=CCC(O)/C=C\C[C@H](CC=O)Nc1ccc(I)cc1. The van der Waals surface area contributed by atoms with Crippen LogP contribution in [0.15, 0.2) is 60.7 Å². The Balaban J connectivity index is 0.000000668. The van der Waals surface area contributed by atoms with Crippen molar-refractivity contribution in [2.45, 2.75) is 65.0 Å². The van der Waals surface area contributed by atoms with Gasteiger partial charge in [-0.2, -0.15) is 0 Å². The van der Waals surface area contributed by atoms with E-state index in [-0.39, 0.29) is 11.9 Å². The molecular weight excluding hydrogens is 518 g/mol. The second-order valence-corrected chi connectivity index (χ2v) is 8.04. The predicted octanol–water partition coefficient (Wildman–Crippen LogP) is 6.81. The molecular formula is C26H36FIN2O2. The Kier molecular flexibility index (Phi) is 18.3. The maximum atomic E-state index is 12.3. The van der Waals surface area contributed by atoms with E-state index in [0.29, 0.717) is 19.3 Å². The number of aldehydes is 1. The maximum absolute atomic E-state index is 12.3. The summed E-state index contributed by atoms with van der Waals surface area (Å²) in [5.41, 5.74) is 2.19. The van der Waals surface area contributed by atoms with E-state index in [0.717, 1.165) is 28.4 Å². The van der Waals surface area contributed by atoms with Gasteiger partial charge in [0.2, 0.25) is 0 Å². The van der Waals surface area contributed by atoms with E-state index in [4.69, 9.17) is 5.41 Å². The van der Waals surface area contributed by atoms with Gasteiger partial charge in [0.15, 0.2) is 0 Å². The summed E-state index contributed by atoms with van der Waals surface area (Å²) in [4.78, 5) is 10.7. The zero-order valence-electron chi connectivity index (χ0n) is 19.2. The number of carbonyl (C=O) groups excluding carboxylic acids is 1. The molecule has 2 rings (SSSR count). The molecule has 0 aliphatic heterocycles. The van der Waals surface area contributed by atoms with E-state index in [2.05, 4.69) is 34.8 Å². The van der Waals surface area contributed by atoms with Crippen LogP contribution in [0.5, 0.6) is 0 Å². The summed E-state index contributed by atoms with van der Waals surface area (Å²) >= 11 is 2.24. The minimum atomic E-state index is -0.623. The smallest absolute Gasteiger partial charge is 0.123 e. The topological polar surface area (TPSA) is 73.2 Å². The fourth-order valence-electron chi connectivity index (χ4n) is 2.65. The molecule has 0 aliphatic rings. The molecule has 0 spiro atoms. The first kappa shape index (κ1) is 29.9. The van der Waals surface area contributed by atoms with Gasteiger partial charge < -0.3 is 20.6 Å². The summed E-state index contributed by atoms with van der Waals surface area (Å²) in [7, 11) is 0. The normalized spacial score (nSPS) is 11.9. The Morgan fingerprint density at radius 2 is 1.69 bits per heavy atom. The highest BCUT2D eigenvalue weighted by Crippen LogP contribution is 2.14. The van der Waals surface area contributed by atoms with Crippen molar-refractivity contribution in [2.24, 2.45) is 0 Å². The largest absolute Gasteiger partial charge is 0.389 e. The molecule has 0 radical (unpaired) electrons. The van der Waals surface area contributed by atoms with Gasteiger partial charge in [0.05, 0.1) is 6.10 Å². The van der Waals surface area contributed by atoms with Crippen LogP contribution in [-0.2, 0) is 11.2 Å². The van der Waals surface area contributed by atoms with Crippen LogP contribution >= 0.6 is 22.6 Å². The number of hydrogen-bond acceptors (Lipinski definition) is 4. The average molecular weight is 554 g/mol. The summed E-state index contributed by atoms with van der Waals surface area (Å²) in [5, 5.41) is 19.7. The van der Waals surface area contributed by atoms with Crippen molar-refractivity contribution in [2.75, 3.05) is 5.32 Å². The monoisotopic (exact) mass is 554 g/mol. The van der Waals surface area contributed by atoms with E-state index < -0.39 is 6.10 Å². The van der Waals surface area contributed by atoms with Crippen LogP contribution in [0.25, 0.3) is 0 Å². The van der Waals surface area contributed by atoms with Gasteiger partial charge in [0.1, 0.15) is 12.1 Å². The van der Waals surface area contributed by atoms with Crippen LogP contribution in [0, 0.1) is 14.8 Å². The first-order valence-corrected chi connectivity index (χ1v) is 12.1. The second-order valence-electron chi connectivity index (χ2n) is 6.80. The number of halogens is 2. The maximum Gasteiger partial charge on any atom is 0.123 e. The van der Waals surface area contributed by atoms with Crippen molar-refractivity contribution in [3.05, 3.63) is 75.6 Å². The van der Waals surface area contributed by atoms with Crippen molar-refractivity contribution < 1.29 is 14.3 Å². The van der Waals surface area contributed by atoms with Gasteiger partial charge in [-0.05, 0) is 83.6 Å². The van der Waals surface area contributed by atoms with E-state index in [1.54, 1.807) is 6.08 Å². The van der Waals surface area contributed by atoms with Crippen LogP contribution < -0.4 is 5.32 Å². The lowest BCUT2D eigenvalue weighted by Gasteiger charge is -2.16. The fraction of sp³-hybridized carbons (Fsp3) is 0.385. The fourth-order valence-corrected chi connectivity index (χ4v) is 3.01. The Hall–Kier alpha value is -2.06.